The average Bonchev–Trinajstić information content (AvgIpc) is 3.68. The molecule has 3 saturated heterocycles. The SMILES string of the molecule is CC(=O)OCCOc1ccccc1N1CCN(C(=O)[C@]2(Oc3csc(C(F)(F)F)c3)CCCN(C(=O)c3cnccc3C(F)(F)F)[C@@H]2CCN2CCOCC2)CC1. The number of ether oxygens (including phenoxy) is 4. The van der Waals surface area contributed by atoms with Crippen LogP contribution in [0.3, 0.4) is 0 Å². The summed E-state index contributed by atoms with van der Waals surface area (Å²) in [6.07, 6.45) is -7.65. The van der Waals surface area contributed by atoms with E-state index in [0.29, 0.717) is 69.1 Å². The first kappa shape index (κ1) is 42.0. The van der Waals surface area contributed by atoms with Crippen molar-refractivity contribution in [1.29, 1.82) is 0 Å². The highest BCUT2D eigenvalue weighted by Gasteiger charge is 2.56. The Balaban J connectivity index is 1.34. The number of carbonyl (C=O) groups excluding carboxylic acids is 3. The molecule has 0 spiro atoms. The van der Waals surface area contributed by atoms with E-state index in [1.165, 1.54) is 11.8 Å². The van der Waals surface area contributed by atoms with E-state index in [-0.39, 0.29) is 57.9 Å². The van der Waals surface area contributed by atoms with Gasteiger partial charge in [0.1, 0.15) is 29.6 Å². The number of amides is 2. The van der Waals surface area contributed by atoms with Crippen molar-refractivity contribution < 1.29 is 59.7 Å². The van der Waals surface area contributed by atoms with E-state index in [4.69, 9.17) is 18.9 Å². The minimum atomic E-state index is -4.90. The van der Waals surface area contributed by atoms with Crippen LogP contribution in [-0.4, -0.2) is 128 Å². The molecule has 2 atom stereocenters. The number of nitrogens with zero attached hydrogens (tertiary/aromatic N) is 5. The van der Waals surface area contributed by atoms with Gasteiger partial charge in [-0.1, -0.05) is 12.1 Å². The van der Waals surface area contributed by atoms with Crippen LogP contribution in [0.1, 0.15) is 47.0 Å². The van der Waals surface area contributed by atoms with Crippen molar-refractivity contribution in [2.75, 3.05) is 83.7 Å². The maximum Gasteiger partial charge on any atom is 0.425 e. The molecule has 0 unspecified atom stereocenters. The number of morpholine rings is 1. The number of thiophene rings is 1. The van der Waals surface area contributed by atoms with Crippen molar-refractivity contribution in [1.82, 2.24) is 19.7 Å². The first-order valence-corrected chi connectivity index (χ1v) is 19.4. The van der Waals surface area contributed by atoms with Gasteiger partial charge in [-0.15, -0.1) is 11.3 Å². The number of rotatable bonds is 12. The van der Waals surface area contributed by atoms with Gasteiger partial charge in [0.05, 0.1) is 36.1 Å². The Morgan fingerprint density at radius 1 is 0.947 bits per heavy atom. The molecule has 0 bridgehead atoms. The number of hydrogen-bond acceptors (Lipinski definition) is 11. The number of pyridine rings is 1. The molecule has 19 heteroatoms. The van der Waals surface area contributed by atoms with Gasteiger partial charge in [0.2, 0.25) is 5.60 Å². The van der Waals surface area contributed by atoms with Gasteiger partial charge in [-0.3, -0.25) is 24.3 Å². The molecular weight excluding hydrogens is 785 g/mol. The molecule has 3 fully saturated rings. The van der Waals surface area contributed by atoms with Gasteiger partial charge in [0.25, 0.3) is 11.8 Å². The van der Waals surface area contributed by atoms with Crippen molar-refractivity contribution in [3.8, 4) is 11.5 Å². The molecule has 57 heavy (non-hydrogen) atoms. The van der Waals surface area contributed by atoms with Gasteiger partial charge in [0.15, 0.2) is 0 Å². The topological polar surface area (TPSA) is 114 Å². The largest absolute Gasteiger partial charge is 0.488 e. The van der Waals surface area contributed by atoms with E-state index in [1.54, 1.807) is 17.0 Å². The third kappa shape index (κ3) is 9.92. The maximum absolute atomic E-state index is 15.1. The zero-order chi connectivity index (χ0) is 40.8. The standard InChI is InChI=1S/C38H43F6N5O7S/c1-26(50)54-21-22-55-31-6-3-2-5-30(31)47-13-15-48(16-14-47)35(52)36(56-27-23-33(57-25-27)38(42,43)44)9-4-11-49(32(36)8-12-46-17-19-53-20-18-46)34(51)28-24-45-10-7-29(28)37(39,40)41/h2-3,5-7,10,23-25,32H,4,8-9,11-22H2,1H3/t32-,36+/m1/s1. The third-order valence-electron chi connectivity index (χ3n) is 10.2. The van der Waals surface area contributed by atoms with Crippen molar-refractivity contribution in [3.63, 3.8) is 0 Å². The zero-order valence-corrected chi connectivity index (χ0v) is 32.0. The number of aromatic nitrogens is 1. The minimum absolute atomic E-state index is 0.0149. The van der Waals surface area contributed by atoms with Gasteiger partial charge < -0.3 is 33.6 Å². The quantitative estimate of drug-likeness (QED) is 0.130. The van der Waals surface area contributed by atoms with Gasteiger partial charge >= 0.3 is 18.3 Å². The van der Waals surface area contributed by atoms with Crippen molar-refractivity contribution >= 4 is 34.8 Å². The molecule has 1 aromatic carbocycles. The van der Waals surface area contributed by atoms with Crippen LogP contribution >= 0.6 is 11.3 Å². The molecule has 0 saturated carbocycles. The Labute approximate surface area is 329 Å². The molecule has 2 amide bonds. The van der Waals surface area contributed by atoms with Gasteiger partial charge in [-0.05, 0) is 31.0 Å². The molecular formula is C38H43F6N5O7S. The summed E-state index contributed by atoms with van der Waals surface area (Å²) in [5, 5.41) is 1.15. The van der Waals surface area contributed by atoms with E-state index in [9.17, 15) is 35.9 Å². The molecule has 0 aliphatic carbocycles. The normalized spacial score (nSPS) is 21.0. The molecule has 310 valence electrons. The molecule has 0 radical (unpaired) electrons. The predicted octanol–water partition coefficient (Wildman–Crippen LogP) is 5.62. The summed E-state index contributed by atoms with van der Waals surface area (Å²) in [6.45, 7) is 4.56. The van der Waals surface area contributed by atoms with Crippen LogP contribution in [0.5, 0.6) is 11.5 Å². The Morgan fingerprint density at radius 2 is 1.68 bits per heavy atom. The van der Waals surface area contributed by atoms with Crippen LogP contribution in [0.4, 0.5) is 32.0 Å². The molecule has 3 aromatic rings. The molecule has 6 rings (SSSR count). The fourth-order valence-electron chi connectivity index (χ4n) is 7.55. The fourth-order valence-corrected chi connectivity index (χ4v) is 8.23. The molecule has 12 nitrogen and oxygen atoms in total. The molecule has 3 aliphatic heterocycles. The number of piperidine rings is 1. The number of esters is 1. The molecule has 5 heterocycles. The second-order valence-electron chi connectivity index (χ2n) is 13.9. The lowest BCUT2D eigenvalue weighted by Crippen LogP contribution is -2.69. The van der Waals surface area contributed by atoms with E-state index in [0.717, 1.165) is 29.5 Å². The Bertz CT molecular complexity index is 1870. The summed E-state index contributed by atoms with van der Waals surface area (Å²) in [5.74, 6) is -1.74. The number of halogens is 6. The zero-order valence-electron chi connectivity index (χ0n) is 31.1. The van der Waals surface area contributed by atoms with Gasteiger partial charge in [-0.2, -0.15) is 26.3 Å². The van der Waals surface area contributed by atoms with E-state index < -0.39 is 57.8 Å². The van der Waals surface area contributed by atoms with Crippen LogP contribution in [-0.2, 0) is 31.4 Å². The van der Waals surface area contributed by atoms with Crippen LogP contribution in [0.2, 0.25) is 0 Å². The number of likely N-dealkylation sites (tertiary alicyclic amines) is 1. The number of anilines is 1. The predicted molar refractivity (Wildman–Crippen MR) is 195 cm³/mol. The average molecular weight is 828 g/mol. The number of benzene rings is 1. The highest BCUT2D eigenvalue weighted by Crippen LogP contribution is 2.43. The summed E-state index contributed by atoms with van der Waals surface area (Å²) in [7, 11) is 0. The van der Waals surface area contributed by atoms with Crippen LogP contribution in [0, 0.1) is 0 Å². The van der Waals surface area contributed by atoms with Crippen LogP contribution in [0.15, 0.2) is 54.2 Å². The summed E-state index contributed by atoms with van der Waals surface area (Å²) >= 11 is 0.391. The maximum atomic E-state index is 15.1. The van der Waals surface area contributed by atoms with Gasteiger partial charge in [-0.25, -0.2) is 0 Å². The Morgan fingerprint density at radius 3 is 2.37 bits per heavy atom. The number of piperazine rings is 1. The Kier molecular flexibility index (Phi) is 13.2. The van der Waals surface area contributed by atoms with Crippen molar-refractivity contribution in [2.45, 2.75) is 50.2 Å². The van der Waals surface area contributed by atoms with Gasteiger partial charge in [0, 0.05) is 89.5 Å². The summed E-state index contributed by atoms with van der Waals surface area (Å²) < 4.78 is 107. The monoisotopic (exact) mass is 827 g/mol. The highest BCUT2D eigenvalue weighted by atomic mass is 32.1. The molecule has 0 N–H and O–H groups in total. The lowest BCUT2D eigenvalue weighted by molar-refractivity contribution is -0.160. The van der Waals surface area contributed by atoms with Crippen molar-refractivity contribution in [2.24, 2.45) is 0 Å². The fraction of sp³-hybridized carbons (Fsp3) is 0.526. The summed E-state index contributed by atoms with van der Waals surface area (Å²) in [4.78, 5) is 50.3. The summed E-state index contributed by atoms with van der Waals surface area (Å²) in [5.41, 5.74) is -3.14. The lowest BCUT2D eigenvalue weighted by atomic mass is 9.80. The van der Waals surface area contributed by atoms with Crippen LogP contribution in [0.25, 0.3) is 0 Å². The molecule has 2 aromatic heterocycles. The second-order valence-corrected chi connectivity index (χ2v) is 14.8. The molecule has 3 aliphatic rings. The first-order chi connectivity index (χ1) is 27.2. The third-order valence-corrected chi connectivity index (χ3v) is 11.2. The second kappa shape index (κ2) is 17.9. The first-order valence-electron chi connectivity index (χ1n) is 18.5. The van der Waals surface area contributed by atoms with Crippen LogP contribution < -0.4 is 14.4 Å². The number of hydrogen-bond donors (Lipinski definition) is 0. The van der Waals surface area contributed by atoms with E-state index >= 15 is 4.79 Å². The lowest BCUT2D eigenvalue weighted by Gasteiger charge is -2.51. The number of carbonyl (C=O) groups is 3. The van der Waals surface area contributed by atoms with Crippen molar-refractivity contribution in [3.05, 3.63) is 70.2 Å². The number of alkyl halides is 6. The number of para-hydroxylation sites is 2. The van der Waals surface area contributed by atoms with E-state index in [2.05, 4.69) is 4.98 Å². The van der Waals surface area contributed by atoms with E-state index in [1.807, 2.05) is 21.9 Å². The smallest absolute Gasteiger partial charge is 0.425 e. The minimum Gasteiger partial charge on any atom is -0.488 e. The Hall–Kier alpha value is -4.62. The highest BCUT2D eigenvalue weighted by molar-refractivity contribution is 7.10. The summed E-state index contributed by atoms with van der Waals surface area (Å²) in [6, 6.07) is 7.55.